The summed E-state index contributed by atoms with van der Waals surface area (Å²) in [5.41, 5.74) is 5.90. The van der Waals surface area contributed by atoms with Crippen LogP contribution in [0.15, 0.2) is 53.8 Å². The lowest BCUT2D eigenvalue weighted by Crippen LogP contribution is -2.28. The van der Waals surface area contributed by atoms with Crippen LogP contribution in [-0.4, -0.2) is 21.6 Å². The van der Waals surface area contributed by atoms with Crippen molar-refractivity contribution in [3.63, 3.8) is 0 Å². The number of hydrogen-bond donors (Lipinski definition) is 1. The van der Waals surface area contributed by atoms with Crippen molar-refractivity contribution in [2.24, 2.45) is 4.99 Å². The number of pyridine rings is 2. The van der Waals surface area contributed by atoms with E-state index in [0.29, 0.717) is 17.8 Å². The zero-order valence-corrected chi connectivity index (χ0v) is 16.6. The molecule has 0 spiro atoms. The van der Waals surface area contributed by atoms with Gasteiger partial charge in [0.2, 0.25) is 5.91 Å². The Labute approximate surface area is 172 Å². The molecule has 3 heterocycles. The molecule has 1 aliphatic rings. The molecule has 0 aliphatic carbocycles. The molecule has 0 fully saturated rings. The number of aliphatic imine (C=N–C) groups is 1. The lowest BCUT2D eigenvalue weighted by molar-refractivity contribution is -0.121. The number of nitrogens with one attached hydrogen (secondary N) is 1. The molecule has 1 aromatic carbocycles. The Morgan fingerprint density at radius 3 is 2.73 bits per heavy atom. The molecule has 1 amide bonds. The van der Waals surface area contributed by atoms with E-state index in [4.69, 9.17) is 0 Å². The molecule has 152 valence electrons. The van der Waals surface area contributed by atoms with E-state index in [1.54, 1.807) is 19.3 Å². The van der Waals surface area contributed by atoms with Crippen molar-refractivity contribution in [3.8, 4) is 0 Å². The van der Waals surface area contributed by atoms with Crippen LogP contribution in [0.2, 0.25) is 0 Å². The van der Waals surface area contributed by atoms with Crippen molar-refractivity contribution in [2.75, 3.05) is 0 Å². The molecule has 0 bridgehead atoms. The molecular weight excluding hydrogens is 386 g/mol. The van der Waals surface area contributed by atoms with Gasteiger partial charge < -0.3 is 5.32 Å². The van der Waals surface area contributed by atoms with Crippen LogP contribution in [0.1, 0.15) is 46.6 Å². The summed E-state index contributed by atoms with van der Waals surface area (Å²) in [5, 5.41) is 2.80. The summed E-state index contributed by atoms with van der Waals surface area (Å²) in [7, 11) is 0. The quantitative estimate of drug-likeness (QED) is 0.700. The van der Waals surface area contributed by atoms with Gasteiger partial charge in [-0.2, -0.15) is 0 Å². The van der Waals surface area contributed by atoms with E-state index in [0.717, 1.165) is 40.2 Å². The van der Waals surface area contributed by atoms with Gasteiger partial charge in [-0.1, -0.05) is 6.07 Å². The number of amides is 1. The third-order valence-corrected chi connectivity index (χ3v) is 5.04. The Balaban J connectivity index is 1.44. The van der Waals surface area contributed by atoms with Gasteiger partial charge in [-0.25, -0.2) is 8.78 Å². The molecule has 0 radical (unpaired) electrons. The molecule has 7 heteroatoms. The van der Waals surface area contributed by atoms with Crippen LogP contribution in [0.5, 0.6) is 0 Å². The first-order valence-electron chi connectivity index (χ1n) is 9.60. The Morgan fingerprint density at radius 2 is 1.97 bits per heavy atom. The summed E-state index contributed by atoms with van der Waals surface area (Å²) in [5.74, 6) is -2.10. The van der Waals surface area contributed by atoms with Gasteiger partial charge >= 0.3 is 0 Å². The Bertz CT molecular complexity index is 1160. The molecule has 30 heavy (non-hydrogen) atoms. The first-order chi connectivity index (χ1) is 14.4. The normalized spacial score (nSPS) is 13.5. The number of nitrogens with zero attached hydrogens (tertiary/aromatic N) is 3. The first kappa shape index (κ1) is 19.8. The van der Waals surface area contributed by atoms with Gasteiger partial charge in [-0.15, -0.1) is 0 Å². The fourth-order valence-corrected chi connectivity index (χ4v) is 3.50. The van der Waals surface area contributed by atoms with Crippen molar-refractivity contribution >= 4 is 11.6 Å². The molecule has 1 N–H and O–H groups in total. The lowest BCUT2D eigenvalue weighted by Gasteiger charge is -2.15. The van der Waals surface area contributed by atoms with E-state index in [9.17, 15) is 13.6 Å². The molecule has 0 unspecified atom stereocenters. The molecule has 1 aliphatic heterocycles. The summed E-state index contributed by atoms with van der Waals surface area (Å²) >= 11 is 0. The summed E-state index contributed by atoms with van der Waals surface area (Å²) in [6.07, 6.45) is 3.59. The Kier molecular flexibility index (Phi) is 5.35. The van der Waals surface area contributed by atoms with Gasteiger partial charge in [0.15, 0.2) is 11.6 Å². The number of halogens is 2. The third kappa shape index (κ3) is 4.10. The zero-order valence-electron chi connectivity index (χ0n) is 16.6. The van der Waals surface area contributed by atoms with Crippen molar-refractivity contribution < 1.29 is 13.6 Å². The highest BCUT2D eigenvalue weighted by atomic mass is 19.2. The molecule has 5 nitrogen and oxygen atoms in total. The second-order valence-electron chi connectivity index (χ2n) is 7.32. The highest BCUT2D eigenvalue weighted by molar-refractivity contribution is 6.15. The van der Waals surface area contributed by atoms with Crippen LogP contribution >= 0.6 is 0 Å². The maximum atomic E-state index is 13.4. The fraction of sp³-hybridized carbons (Fsp3) is 0.217. The van der Waals surface area contributed by atoms with E-state index >= 15 is 0 Å². The molecule has 0 saturated carbocycles. The van der Waals surface area contributed by atoms with Gasteiger partial charge in [-0.05, 0) is 55.3 Å². The van der Waals surface area contributed by atoms with Crippen LogP contribution in [0, 0.1) is 18.6 Å². The van der Waals surface area contributed by atoms with E-state index < -0.39 is 17.7 Å². The third-order valence-electron chi connectivity index (χ3n) is 5.04. The second kappa shape index (κ2) is 8.10. The molecule has 3 aromatic rings. The van der Waals surface area contributed by atoms with Crippen LogP contribution < -0.4 is 5.32 Å². The molecule has 0 saturated heterocycles. The minimum atomic E-state index is -0.936. The van der Waals surface area contributed by atoms with E-state index in [-0.39, 0.29) is 12.3 Å². The van der Waals surface area contributed by atoms with E-state index in [2.05, 4.69) is 20.3 Å². The SMILES string of the molecule is Cc1cc(C2=NCc3cc(CC(=O)N[C@H](C)c4ccc(F)c(F)c4)ncc32)ccn1. The maximum Gasteiger partial charge on any atom is 0.226 e. The fourth-order valence-electron chi connectivity index (χ4n) is 3.50. The highest BCUT2D eigenvalue weighted by Crippen LogP contribution is 2.23. The average molecular weight is 406 g/mol. The topological polar surface area (TPSA) is 67.2 Å². The zero-order chi connectivity index (χ0) is 21.3. The predicted molar refractivity (Wildman–Crippen MR) is 109 cm³/mol. The predicted octanol–water partition coefficient (Wildman–Crippen LogP) is 3.83. The van der Waals surface area contributed by atoms with E-state index in [1.165, 1.54) is 6.07 Å². The van der Waals surface area contributed by atoms with Crippen molar-refractivity contribution in [3.05, 3.63) is 94.1 Å². The summed E-state index contributed by atoms with van der Waals surface area (Å²) in [4.78, 5) is 25.7. The number of benzene rings is 1. The number of carbonyl (C=O) groups is 1. The van der Waals surface area contributed by atoms with Crippen molar-refractivity contribution in [2.45, 2.75) is 32.9 Å². The van der Waals surface area contributed by atoms with Crippen LogP contribution in [-0.2, 0) is 17.8 Å². The molecule has 4 rings (SSSR count). The standard InChI is InChI=1S/C23H20F2N4O/c1-13-7-16(5-6-26-13)23-19-12-27-18(8-17(19)11-28-23)10-22(30)29-14(2)15-3-4-20(24)21(25)9-15/h3-9,12,14H,10-11H2,1-2H3,(H,29,30)/t14-/m1/s1. The largest absolute Gasteiger partial charge is 0.349 e. The second-order valence-corrected chi connectivity index (χ2v) is 7.32. The lowest BCUT2D eigenvalue weighted by atomic mass is 10.0. The minimum absolute atomic E-state index is 0.0883. The maximum absolute atomic E-state index is 13.4. The van der Waals surface area contributed by atoms with Gasteiger partial charge in [-0.3, -0.25) is 19.8 Å². The summed E-state index contributed by atoms with van der Waals surface area (Å²) < 4.78 is 26.5. The smallest absolute Gasteiger partial charge is 0.226 e. The van der Waals surface area contributed by atoms with Crippen LogP contribution in [0.25, 0.3) is 0 Å². The minimum Gasteiger partial charge on any atom is -0.349 e. The van der Waals surface area contributed by atoms with Crippen molar-refractivity contribution in [1.29, 1.82) is 0 Å². The van der Waals surface area contributed by atoms with Gasteiger partial charge in [0.25, 0.3) is 0 Å². The van der Waals surface area contributed by atoms with Gasteiger partial charge in [0.05, 0.1) is 30.4 Å². The molecule has 2 aromatic heterocycles. The van der Waals surface area contributed by atoms with E-state index in [1.807, 2.05) is 25.1 Å². The van der Waals surface area contributed by atoms with Crippen LogP contribution in [0.4, 0.5) is 8.78 Å². The number of carbonyl (C=O) groups excluding carboxylic acids is 1. The number of aromatic nitrogens is 2. The number of aryl methyl sites for hydroxylation is 1. The summed E-state index contributed by atoms with van der Waals surface area (Å²) in [6, 6.07) is 8.94. The Morgan fingerprint density at radius 1 is 1.13 bits per heavy atom. The van der Waals surface area contributed by atoms with Gasteiger partial charge in [0.1, 0.15) is 0 Å². The highest BCUT2D eigenvalue weighted by Gasteiger charge is 2.20. The first-order valence-corrected chi connectivity index (χ1v) is 9.60. The molecule has 1 atom stereocenters. The van der Waals surface area contributed by atoms with Crippen molar-refractivity contribution in [1.82, 2.24) is 15.3 Å². The average Bonchev–Trinajstić information content (AvgIpc) is 3.13. The summed E-state index contributed by atoms with van der Waals surface area (Å²) in [6.45, 7) is 4.19. The number of hydrogen-bond acceptors (Lipinski definition) is 4. The number of fused-ring (bicyclic) bond motifs is 1. The van der Waals surface area contributed by atoms with Gasteiger partial charge in [0, 0.05) is 29.2 Å². The van der Waals surface area contributed by atoms with Crippen LogP contribution in [0.3, 0.4) is 0 Å². The Hall–Kier alpha value is -3.48. The molecular formula is C23H20F2N4O. The number of rotatable bonds is 5. The monoisotopic (exact) mass is 406 g/mol.